The van der Waals surface area contributed by atoms with E-state index in [9.17, 15) is 0 Å². The second kappa shape index (κ2) is 15.2. The highest BCUT2D eigenvalue weighted by Gasteiger charge is 2.20. The Bertz CT molecular complexity index is 3470. The van der Waals surface area contributed by atoms with Gasteiger partial charge in [-0.3, -0.25) is 0 Å². The van der Waals surface area contributed by atoms with Crippen LogP contribution >= 0.6 is 0 Å². The van der Waals surface area contributed by atoms with Gasteiger partial charge in [-0.1, -0.05) is 169 Å². The lowest BCUT2D eigenvalue weighted by Gasteiger charge is -2.16. The molecular weight excluding hydrogens is 777 g/mol. The van der Waals surface area contributed by atoms with Crippen LogP contribution in [0.25, 0.3) is 111 Å². The van der Waals surface area contributed by atoms with E-state index >= 15 is 0 Å². The van der Waals surface area contributed by atoms with E-state index in [1.165, 1.54) is 54.9 Å². The van der Waals surface area contributed by atoms with Crippen LogP contribution in [0.15, 0.2) is 218 Å². The van der Waals surface area contributed by atoms with Crippen molar-refractivity contribution in [3.63, 3.8) is 0 Å². The van der Waals surface area contributed by atoms with Gasteiger partial charge in [-0.15, -0.1) is 0 Å². The highest BCUT2D eigenvalue weighted by Crippen LogP contribution is 2.40. The van der Waals surface area contributed by atoms with Crippen LogP contribution in [-0.2, 0) is 0 Å². The highest BCUT2D eigenvalue weighted by atomic mass is 15.0. The molecule has 0 aliphatic carbocycles. The second-order valence-corrected chi connectivity index (χ2v) is 16.8. The van der Waals surface area contributed by atoms with Crippen molar-refractivity contribution in [3.8, 4) is 67.5 Å². The number of para-hydroxylation sites is 2. The Morgan fingerprint density at radius 3 is 1.19 bits per heavy atom. The van der Waals surface area contributed by atoms with Gasteiger partial charge in [0.05, 0.1) is 33.5 Å². The molecule has 3 aromatic heterocycles. The highest BCUT2D eigenvalue weighted by molar-refractivity contribution is 6.12. The molecule has 12 aromatic rings. The summed E-state index contributed by atoms with van der Waals surface area (Å²) in [5.74, 6) is 0.685. The van der Waals surface area contributed by atoms with Crippen molar-refractivity contribution >= 4 is 43.6 Å². The largest absolute Gasteiger partial charge is 0.309 e. The first-order valence-corrected chi connectivity index (χ1v) is 21.9. The van der Waals surface area contributed by atoms with Crippen LogP contribution in [-0.4, -0.2) is 19.1 Å². The topological polar surface area (TPSA) is 35.6 Å². The molecule has 0 saturated heterocycles. The number of aromatic nitrogens is 4. The number of benzene rings is 9. The van der Waals surface area contributed by atoms with E-state index < -0.39 is 0 Å². The predicted molar refractivity (Wildman–Crippen MR) is 267 cm³/mol. The molecule has 12 rings (SSSR count). The number of rotatable bonds is 7. The van der Waals surface area contributed by atoms with Gasteiger partial charge in [0.25, 0.3) is 0 Å². The van der Waals surface area contributed by atoms with Crippen molar-refractivity contribution in [1.29, 1.82) is 0 Å². The fraction of sp³-hybridized carbons (Fsp3) is 0.0333. The first kappa shape index (κ1) is 37.4. The van der Waals surface area contributed by atoms with Gasteiger partial charge in [0, 0.05) is 49.6 Å². The fourth-order valence-electron chi connectivity index (χ4n) is 9.42. The summed E-state index contributed by atoms with van der Waals surface area (Å²) in [7, 11) is 0. The third kappa shape index (κ3) is 6.47. The lowest BCUT2D eigenvalue weighted by molar-refractivity contribution is 1.13. The molecule has 0 saturated carbocycles. The average Bonchev–Trinajstić information content (AvgIpc) is 3.87. The first-order chi connectivity index (χ1) is 31.5. The van der Waals surface area contributed by atoms with Crippen LogP contribution in [0.4, 0.5) is 0 Å². The molecule has 0 radical (unpaired) electrons. The number of hydrogen-bond acceptors (Lipinski definition) is 2. The molecule has 4 heteroatoms. The maximum Gasteiger partial charge on any atom is 0.160 e. The number of hydrogen-bond donors (Lipinski definition) is 0. The van der Waals surface area contributed by atoms with Crippen molar-refractivity contribution in [2.75, 3.05) is 0 Å². The van der Waals surface area contributed by atoms with Crippen LogP contribution < -0.4 is 0 Å². The third-order valence-corrected chi connectivity index (χ3v) is 12.7. The molecule has 0 bridgehead atoms. The van der Waals surface area contributed by atoms with E-state index in [-0.39, 0.29) is 0 Å². The Labute approximate surface area is 372 Å². The Kier molecular flexibility index (Phi) is 8.91. The van der Waals surface area contributed by atoms with Gasteiger partial charge in [-0.25, -0.2) is 9.97 Å². The maximum absolute atomic E-state index is 5.37. The monoisotopic (exact) mass is 818 g/mol. The first-order valence-electron chi connectivity index (χ1n) is 21.9. The van der Waals surface area contributed by atoms with Gasteiger partial charge in [0.1, 0.15) is 0 Å². The van der Waals surface area contributed by atoms with Crippen LogP contribution in [0.2, 0.25) is 0 Å². The van der Waals surface area contributed by atoms with E-state index in [0.29, 0.717) is 5.82 Å². The zero-order chi connectivity index (χ0) is 42.7. The van der Waals surface area contributed by atoms with E-state index in [0.717, 1.165) is 61.5 Å². The van der Waals surface area contributed by atoms with Crippen LogP contribution in [0.5, 0.6) is 0 Å². The standard InChI is InChI=1S/C60H42N4/c1-39-21-25-41(26-22-39)45-29-31-58-52(35-45)50-17-9-11-19-56(50)63(58)48-33-47(55-38-54(43-13-5-3-6-14-43)61-60(62-55)44-15-7-4-8-16-44)34-49(37-48)64-57-20-12-10-18-51(57)53-36-46(30-32-59(53)64)42-27-23-40(2)24-28-42/h3-38H,1-2H3. The molecule has 302 valence electrons. The summed E-state index contributed by atoms with van der Waals surface area (Å²) < 4.78 is 4.86. The van der Waals surface area contributed by atoms with Crippen molar-refractivity contribution in [2.24, 2.45) is 0 Å². The summed E-state index contributed by atoms with van der Waals surface area (Å²) >= 11 is 0. The zero-order valence-electron chi connectivity index (χ0n) is 35.6. The molecule has 0 unspecified atom stereocenters. The minimum absolute atomic E-state index is 0.685. The molecule has 4 nitrogen and oxygen atoms in total. The number of fused-ring (bicyclic) bond motifs is 6. The summed E-state index contributed by atoms with van der Waals surface area (Å²) in [6.45, 7) is 4.27. The second-order valence-electron chi connectivity index (χ2n) is 16.8. The Morgan fingerprint density at radius 1 is 0.281 bits per heavy atom. The molecule has 0 aliphatic heterocycles. The van der Waals surface area contributed by atoms with Gasteiger partial charge >= 0.3 is 0 Å². The van der Waals surface area contributed by atoms with Gasteiger partial charge in [-0.05, 0) is 96.8 Å². The SMILES string of the molecule is Cc1ccc(-c2ccc3c(c2)c2ccccc2n3-c2cc(-c3cc(-c4ccccc4)nc(-c4ccccc4)n3)cc(-n3c4ccccc4c4cc(-c5ccc(C)cc5)ccc43)c2)cc1. The van der Waals surface area contributed by atoms with Crippen LogP contribution in [0.3, 0.4) is 0 Å². The minimum Gasteiger partial charge on any atom is -0.309 e. The van der Waals surface area contributed by atoms with E-state index in [4.69, 9.17) is 9.97 Å². The van der Waals surface area contributed by atoms with E-state index in [1.54, 1.807) is 0 Å². The molecule has 0 amide bonds. The van der Waals surface area contributed by atoms with Crippen molar-refractivity contribution in [3.05, 3.63) is 230 Å². The summed E-state index contributed by atoms with van der Waals surface area (Å²) in [4.78, 5) is 10.5. The molecule has 0 spiro atoms. The molecule has 3 heterocycles. The molecule has 0 N–H and O–H groups in total. The number of aryl methyl sites for hydroxylation is 2. The van der Waals surface area contributed by atoms with E-state index in [2.05, 4.69) is 217 Å². The maximum atomic E-state index is 5.37. The molecule has 9 aromatic carbocycles. The summed E-state index contributed by atoms with van der Waals surface area (Å²) in [5.41, 5.74) is 18.7. The molecular formula is C60H42N4. The smallest absolute Gasteiger partial charge is 0.160 e. The van der Waals surface area contributed by atoms with Gasteiger partial charge in [-0.2, -0.15) is 0 Å². The van der Waals surface area contributed by atoms with Gasteiger partial charge in [0.15, 0.2) is 5.82 Å². The Balaban J connectivity index is 1.14. The normalized spacial score (nSPS) is 11.6. The molecule has 0 atom stereocenters. The van der Waals surface area contributed by atoms with Crippen LogP contribution in [0.1, 0.15) is 11.1 Å². The summed E-state index contributed by atoms with van der Waals surface area (Å²) in [6, 6.07) is 78.8. The molecule has 0 fully saturated rings. The quantitative estimate of drug-likeness (QED) is 0.161. The van der Waals surface area contributed by atoms with Crippen molar-refractivity contribution in [2.45, 2.75) is 13.8 Å². The third-order valence-electron chi connectivity index (χ3n) is 12.7. The van der Waals surface area contributed by atoms with Crippen molar-refractivity contribution < 1.29 is 0 Å². The summed E-state index contributed by atoms with van der Waals surface area (Å²) in [6.07, 6.45) is 0. The average molecular weight is 819 g/mol. The lowest BCUT2D eigenvalue weighted by Crippen LogP contribution is -2.01. The Hall–Kier alpha value is -8.34. The van der Waals surface area contributed by atoms with Crippen molar-refractivity contribution in [1.82, 2.24) is 19.1 Å². The minimum atomic E-state index is 0.685. The molecule has 0 aliphatic rings. The zero-order valence-corrected chi connectivity index (χ0v) is 35.6. The van der Waals surface area contributed by atoms with Crippen LogP contribution in [0, 0.1) is 13.8 Å². The van der Waals surface area contributed by atoms with Gasteiger partial charge in [0.2, 0.25) is 0 Å². The lowest BCUT2D eigenvalue weighted by atomic mass is 10.0. The fourth-order valence-corrected chi connectivity index (χ4v) is 9.42. The molecule has 64 heavy (non-hydrogen) atoms. The summed E-state index contributed by atoms with van der Waals surface area (Å²) in [5, 5.41) is 4.83. The Morgan fingerprint density at radius 2 is 0.688 bits per heavy atom. The number of nitrogens with zero attached hydrogens (tertiary/aromatic N) is 4. The van der Waals surface area contributed by atoms with Gasteiger partial charge < -0.3 is 9.13 Å². The predicted octanol–water partition coefficient (Wildman–Crippen LogP) is 15.6. The van der Waals surface area contributed by atoms with E-state index in [1.807, 2.05) is 24.3 Å².